The number of hydrogen-bond acceptors (Lipinski definition) is 5. The summed E-state index contributed by atoms with van der Waals surface area (Å²) in [6.07, 6.45) is 10.1. The van der Waals surface area contributed by atoms with Crippen molar-refractivity contribution < 1.29 is 28.7 Å². The quantitative estimate of drug-likeness (QED) is 0.160. The molecule has 29 heavy (non-hydrogen) atoms. The van der Waals surface area contributed by atoms with Crippen molar-refractivity contribution in [1.29, 1.82) is 0 Å². The molecule has 1 N–H and O–H groups in total. The molecule has 0 aliphatic rings. The molecule has 0 rings (SSSR count). The van der Waals surface area contributed by atoms with Gasteiger partial charge in [-0.05, 0) is 19.3 Å². The Morgan fingerprint density at radius 1 is 1.00 bits per heavy atom. The SMILES string of the molecule is C=CC(=O)OCCCCCCCCCC(O)C[N+](C)(C)CCOC(=O)C(C)CC. The van der Waals surface area contributed by atoms with E-state index in [1.54, 1.807) is 0 Å². The highest BCUT2D eigenvalue weighted by Gasteiger charge is 2.21. The summed E-state index contributed by atoms with van der Waals surface area (Å²) < 4.78 is 10.9. The summed E-state index contributed by atoms with van der Waals surface area (Å²) in [6.45, 7) is 9.48. The minimum Gasteiger partial charge on any atom is -0.463 e. The number of unbranched alkanes of at least 4 members (excludes halogenated alkanes) is 6. The van der Waals surface area contributed by atoms with Gasteiger partial charge in [0.1, 0.15) is 25.8 Å². The van der Waals surface area contributed by atoms with Crippen molar-refractivity contribution in [3.05, 3.63) is 12.7 Å². The van der Waals surface area contributed by atoms with Crippen LogP contribution in [-0.2, 0) is 19.1 Å². The van der Waals surface area contributed by atoms with Crippen molar-refractivity contribution in [3.8, 4) is 0 Å². The Kier molecular flexibility index (Phi) is 15.6. The van der Waals surface area contributed by atoms with Gasteiger partial charge in [-0.25, -0.2) is 4.79 Å². The highest BCUT2D eigenvalue weighted by Crippen LogP contribution is 2.12. The van der Waals surface area contributed by atoms with E-state index < -0.39 is 0 Å². The molecule has 2 unspecified atom stereocenters. The Morgan fingerprint density at radius 3 is 2.17 bits per heavy atom. The molecule has 0 aromatic carbocycles. The van der Waals surface area contributed by atoms with Crippen LogP contribution in [0.3, 0.4) is 0 Å². The van der Waals surface area contributed by atoms with Gasteiger partial charge in [0.25, 0.3) is 0 Å². The highest BCUT2D eigenvalue weighted by molar-refractivity contribution is 5.81. The smallest absolute Gasteiger partial charge is 0.330 e. The fraction of sp³-hybridized carbons (Fsp3) is 0.826. The number of carbonyl (C=O) groups is 2. The fourth-order valence-corrected chi connectivity index (χ4v) is 3.05. The van der Waals surface area contributed by atoms with Crippen molar-refractivity contribution in [3.63, 3.8) is 0 Å². The molecule has 6 heteroatoms. The van der Waals surface area contributed by atoms with Crippen LogP contribution in [0.2, 0.25) is 0 Å². The summed E-state index contributed by atoms with van der Waals surface area (Å²) in [4.78, 5) is 22.6. The van der Waals surface area contributed by atoms with Crippen molar-refractivity contribution in [1.82, 2.24) is 0 Å². The molecule has 0 aliphatic carbocycles. The van der Waals surface area contributed by atoms with Crippen LogP contribution in [0.4, 0.5) is 0 Å². The van der Waals surface area contributed by atoms with Gasteiger partial charge in [-0.15, -0.1) is 0 Å². The van der Waals surface area contributed by atoms with Crippen LogP contribution in [0.15, 0.2) is 12.7 Å². The molecular formula is C23H44NO5+. The number of nitrogens with zero attached hydrogens (tertiary/aromatic N) is 1. The summed E-state index contributed by atoms with van der Waals surface area (Å²) >= 11 is 0. The molecular weight excluding hydrogens is 370 g/mol. The lowest BCUT2D eigenvalue weighted by molar-refractivity contribution is -0.893. The molecule has 0 aliphatic heterocycles. The number of rotatable bonds is 18. The third-order valence-corrected chi connectivity index (χ3v) is 5.25. The Morgan fingerprint density at radius 2 is 1.59 bits per heavy atom. The zero-order chi connectivity index (χ0) is 22.1. The van der Waals surface area contributed by atoms with Gasteiger partial charge in [-0.3, -0.25) is 4.79 Å². The summed E-state index contributed by atoms with van der Waals surface area (Å²) in [7, 11) is 4.12. The second-order valence-corrected chi connectivity index (χ2v) is 8.61. The zero-order valence-electron chi connectivity index (χ0n) is 19.2. The zero-order valence-corrected chi connectivity index (χ0v) is 19.2. The average molecular weight is 415 g/mol. The van der Waals surface area contributed by atoms with Crippen LogP contribution in [0, 0.1) is 5.92 Å². The Labute approximate surface area is 177 Å². The first-order chi connectivity index (χ1) is 13.7. The third kappa shape index (κ3) is 16.1. The lowest BCUT2D eigenvalue weighted by Gasteiger charge is -2.31. The summed E-state index contributed by atoms with van der Waals surface area (Å²) in [5.74, 6) is -0.533. The number of hydrogen-bond donors (Lipinski definition) is 1. The van der Waals surface area contributed by atoms with E-state index in [2.05, 4.69) is 20.7 Å². The number of aliphatic hydroxyl groups excluding tert-OH is 1. The van der Waals surface area contributed by atoms with Gasteiger partial charge >= 0.3 is 11.9 Å². The average Bonchev–Trinajstić information content (AvgIpc) is 2.67. The number of ether oxygens (including phenoxy) is 2. The topological polar surface area (TPSA) is 72.8 Å². The number of esters is 2. The van der Waals surface area contributed by atoms with Crippen molar-refractivity contribution in [2.24, 2.45) is 5.92 Å². The molecule has 0 bridgehead atoms. The van der Waals surface area contributed by atoms with Gasteiger partial charge in [0.05, 0.1) is 26.6 Å². The molecule has 0 fully saturated rings. The van der Waals surface area contributed by atoms with Crippen LogP contribution in [0.25, 0.3) is 0 Å². The molecule has 0 spiro atoms. The fourth-order valence-electron chi connectivity index (χ4n) is 3.05. The normalized spacial score (nSPS) is 13.6. The second-order valence-electron chi connectivity index (χ2n) is 8.61. The predicted molar refractivity (Wildman–Crippen MR) is 116 cm³/mol. The summed E-state index contributed by atoms with van der Waals surface area (Å²) in [6, 6.07) is 0. The Hall–Kier alpha value is -1.40. The Bertz CT molecular complexity index is 464. The number of carbonyl (C=O) groups excluding carboxylic acids is 2. The van der Waals surface area contributed by atoms with Gasteiger partial charge < -0.3 is 19.1 Å². The first-order valence-corrected chi connectivity index (χ1v) is 11.2. The molecule has 0 amide bonds. The van der Waals surface area contributed by atoms with Crippen LogP contribution in [0.5, 0.6) is 0 Å². The van der Waals surface area contributed by atoms with Gasteiger partial charge in [0.2, 0.25) is 0 Å². The van der Waals surface area contributed by atoms with Crippen molar-refractivity contribution >= 4 is 11.9 Å². The molecule has 0 saturated carbocycles. The van der Waals surface area contributed by atoms with Gasteiger partial charge in [-0.1, -0.05) is 59.0 Å². The molecule has 0 aromatic rings. The minimum atomic E-state index is -0.350. The van der Waals surface area contributed by atoms with E-state index in [0.29, 0.717) is 30.8 Å². The van der Waals surface area contributed by atoms with Crippen LogP contribution in [-0.4, -0.2) is 68.0 Å². The molecule has 2 atom stereocenters. The monoisotopic (exact) mass is 414 g/mol. The molecule has 0 saturated heterocycles. The predicted octanol–water partition coefficient (Wildman–Crippen LogP) is 3.86. The van der Waals surface area contributed by atoms with Gasteiger partial charge in [0.15, 0.2) is 0 Å². The molecule has 0 heterocycles. The largest absolute Gasteiger partial charge is 0.463 e. The molecule has 170 valence electrons. The number of aliphatic hydroxyl groups is 1. The maximum Gasteiger partial charge on any atom is 0.330 e. The first-order valence-electron chi connectivity index (χ1n) is 11.2. The van der Waals surface area contributed by atoms with Crippen molar-refractivity contribution in [2.75, 3.05) is 40.4 Å². The van der Waals surface area contributed by atoms with E-state index in [1.807, 2.05) is 13.8 Å². The van der Waals surface area contributed by atoms with Crippen molar-refractivity contribution in [2.45, 2.75) is 77.7 Å². The minimum absolute atomic E-state index is 0.0500. The standard InChI is InChI=1S/C23H44NO5/c1-6-20(3)23(27)29-18-16-24(4,5)19-21(25)15-13-11-9-8-10-12-14-17-28-22(26)7-2/h7,20-21,25H,2,6,8-19H2,1,3-5H3/q+1. The summed E-state index contributed by atoms with van der Waals surface area (Å²) in [5.41, 5.74) is 0. The van der Waals surface area contributed by atoms with E-state index in [9.17, 15) is 14.7 Å². The lowest BCUT2D eigenvalue weighted by atomic mass is 10.1. The molecule has 0 radical (unpaired) electrons. The molecule has 0 aromatic heterocycles. The van der Waals surface area contributed by atoms with E-state index >= 15 is 0 Å². The molecule has 6 nitrogen and oxygen atoms in total. The lowest BCUT2D eigenvalue weighted by Crippen LogP contribution is -2.47. The van der Waals surface area contributed by atoms with Crippen LogP contribution >= 0.6 is 0 Å². The maximum absolute atomic E-state index is 11.7. The Balaban J connectivity index is 3.66. The number of quaternary nitrogens is 1. The van der Waals surface area contributed by atoms with Gasteiger partial charge in [-0.2, -0.15) is 0 Å². The summed E-state index contributed by atoms with van der Waals surface area (Å²) in [5, 5.41) is 10.3. The van der Waals surface area contributed by atoms with Gasteiger partial charge in [0, 0.05) is 6.08 Å². The van der Waals surface area contributed by atoms with E-state index in [4.69, 9.17) is 9.47 Å². The van der Waals surface area contributed by atoms with E-state index in [-0.39, 0.29) is 24.0 Å². The van der Waals surface area contributed by atoms with E-state index in [1.165, 1.54) is 18.9 Å². The van der Waals surface area contributed by atoms with E-state index in [0.717, 1.165) is 44.9 Å². The highest BCUT2D eigenvalue weighted by atomic mass is 16.5. The number of likely N-dealkylation sites (N-methyl/N-ethyl adjacent to an activating group) is 1. The maximum atomic E-state index is 11.7. The first kappa shape index (κ1) is 27.6. The van der Waals surface area contributed by atoms with Crippen LogP contribution < -0.4 is 0 Å². The second kappa shape index (κ2) is 16.4. The van der Waals surface area contributed by atoms with Crippen LogP contribution in [0.1, 0.15) is 71.6 Å². The third-order valence-electron chi connectivity index (χ3n) is 5.25.